The van der Waals surface area contributed by atoms with Gasteiger partial charge in [-0.05, 0) is 24.5 Å². The summed E-state index contributed by atoms with van der Waals surface area (Å²) in [5.74, 6) is -0.725. The van der Waals surface area contributed by atoms with Crippen LogP contribution in [0.4, 0.5) is 0 Å². The highest BCUT2D eigenvalue weighted by Gasteiger charge is 2.20. The van der Waals surface area contributed by atoms with E-state index < -0.39 is 16.0 Å². The normalized spacial score (nSPS) is 11.2. The van der Waals surface area contributed by atoms with Gasteiger partial charge in [0.1, 0.15) is 0 Å². The van der Waals surface area contributed by atoms with Crippen molar-refractivity contribution in [2.24, 2.45) is 5.14 Å². The average molecular weight is 261 g/mol. The maximum Gasteiger partial charge on any atom is 0.339 e. The fourth-order valence-corrected chi connectivity index (χ4v) is 2.41. The summed E-state index contributed by atoms with van der Waals surface area (Å²) in [4.78, 5) is 11.8. The number of ether oxygens (including phenoxy) is 1. The number of benzene rings is 1. The summed E-state index contributed by atoms with van der Waals surface area (Å²) in [6, 6.07) is 4.37. The van der Waals surface area contributed by atoms with Crippen molar-refractivity contribution < 1.29 is 17.9 Å². The molecule has 0 unspecified atom stereocenters. The highest BCUT2D eigenvalue weighted by molar-refractivity contribution is 7.98. The lowest BCUT2D eigenvalue weighted by Gasteiger charge is -2.07. The van der Waals surface area contributed by atoms with Gasteiger partial charge in [-0.15, -0.1) is 11.8 Å². The summed E-state index contributed by atoms with van der Waals surface area (Å²) in [5, 5.41) is 5.03. The molecule has 0 saturated heterocycles. The number of carbonyl (C=O) groups excluding carboxylic acids is 1. The van der Waals surface area contributed by atoms with Crippen molar-refractivity contribution in [3.63, 3.8) is 0 Å². The molecule has 0 spiro atoms. The van der Waals surface area contributed by atoms with Crippen LogP contribution < -0.4 is 5.14 Å². The van der Waals surface area contributed by atoms with Gasteiger partial charge in [-0.2, -0.15) is 0 Å². The molecule has 7 heteroatoms. The molecule has 0 amide bonds. The molecule has 0 fully saturated rings. The summed E-state index contributed by atoms with van der Waals surface area (Å²) in [7, 11) is -2.76. The standard InChI is InChI=1S/C9H11NO4S2/c1-14-9(11)7-4-3-6(15-2)5-8(7)16(10,12)13/h3-5H,1-2H3,(H2,10,12,13). The first-order valence-electron chi connectivity index (χ1n) is 4.19. The third-order valence-electron chi connectivity index (χ3n) is 1.90. The highest BCUT2D eigenvalue weighted by atomic mass is 32.2. The molecular formula is C9H11NO4S2. The SMILES string of the molecule is COC(=O)c1ccc(SC)cc1S(N)(=O)=O. The Morgan fingerprint density at radius 3 is 2.50 bits per heavy atom. The van der Waals surface area contributed by atoms with Crippen LogP contribution in [-0.4, -0.2) is 27.8 Å². The molecule has 0 aromatic heterocycles. The van der Waals surface area contributed by atoms with Gasteiger partial charge in [0.25, 0.3) is 0 Å². The fourth-order valence-electron chi connectivity index (χ4n) is 1.14. The molecule has 16 heavy (non-hydrogen) atoms. The van der Waals surface area contributed by atoms with Crippen LogP contribution in [0.2, 0.25) is 0 Å². The Hall–Kier alpha value is -1.05. The lowest BCUT2D eigenvalue weighted by atomic mass is 10.2. The van der Waals surface area contributed by atoms with Crippen LogP contribution in [0.25, 0.3) is 0 Å². The van der Waals surface area contributed by atoms with Gasteiger partial charge >= 0.3 is 5.97 Å². The van der Waals surface area contributed by atoms with Crippen LogP contribution >= 0.6 is 11.8 Å². The third-order valence-corrected chi connectivity index (χ3v) is 3.58. The zero-order chi connectivity index (χ0) is 12.3. The smallest absolute Gasteiger partial charge is 0.339 e. The number of esters is 1. The molecule has 0 aliphatic heterocycles. The van der Waals surface area contributed by atoms with E-state index in [1.54, 1.807) is 12.3 Å². The van der Waals surface area contributed by atoms with E-state index in [9.17, 15) is 13.2 Å². The topological polar surface area (TPSA) is 86.5 Å². The molecule has 0 atom stereocenters. The first kappa shape index (κ1) is 13.0. The summed E-state index contributed by atoms with van der Waals surface area (Å²) in [6.45, 7) is 0. The maximum atomic E-state index is 11.3. The van der Waals surface area contributed by atoms with Gasteiger partial charge in [-0.1, -0.05) is 0 Å². The minimum atomic E-state index is -3.94. The van der Waals surface area contributed by atoms with Crippen molar-refractivity contribution in [3.05, 3.63) is 23.8 Å². The molecule has 0 heterocycles. The van der Waals surface area contributed by atoms with Crippen LogP contribution in [0.1, 0.15) is 10.4 Å². The Morgan fingerprint density at radius 1 is 1.44 bits per heavy atom. The molecule has 1 aromatic rings. The minimum Gasteiger partial charge on any atom is -0.465 e. The Kier molecular flexibility index (Phi) is 3.95. The molecular weight excluding hydrogens is 250 g/mol. The Labute approximate surface area is 98.0 Å². The fraction of sp³-hybridized carbons (Fsp3) is 0.222. The van der Waals surface area contributed by atoms with Crippen LogP contribution in [0.15, 0.2) is 28.0 Å². The summed E-state index contributed by atoms with van der Waals surface area (Å²) < 4.78 is 27.1. The monoisotopic (exact) mass is 261 g/mol. The van der Waals surface area contributed by atoms with Crippen LogP contribution in [-0.2, 0) is 14.8 Å². The Morgan fingerprint density at radius 2 is 2.06 bits per heavy atom. The van der Waals surface area contributed by atoms with Crippen molar-refractivity contribution in [2.75, 3.05) is 13.4 Å². The van der Waals surface area contributed by atoms with Gasteiger partial charge < -0.3 is 4.74 Å². The van der Waals surface area contributed by atoms with Gasteiger partial charge in [-0.25, -0.2) is 18.4 Å². The first-order chi connectivity index (χ1) is 7.40. The maximum absolute atomic E-state index is 11.3. The molecule has 0 radical (unpaired) electrons. The van der Waals surface area contributed by atoms with Crippen LogP contribution in [0.3, 0.4) is 0 Å². The number of primary sulfonamides is 1. The molecule has 5 nitrogen and oxygen atoms in total. The number of hydrogen-bond acceptors (Lipinski definition) is 5. The number of methoxy groups -OCH3 is 1. The highest BCUT2D eigenvalue weighted by Crippen LogP contribution is 2.22. The molecule has 0 bridgehead atoms. The Balaban J connectivity index is 3.45. The number of carbonyl (C=O) groups is 1. The third kappa shape index (κ3) is 2.75. The second-order valence-corrected chi connectivity index (χ2v) is 5.31. The predicted molar refractivity (Wildman–Crippen MR) is 60.9 cm³/mol. The van der Waals surface area contributed by atoms with Crippen molar-refractivity contribution in [1.29, 1.82) is 0 Å². The van der Waals surface area contributed by atoms with E-state index in [1.807, 2.05) is 0 Å². The van der Waals surface area contributed by atoms with Gasteiger partial charge in [0.15, 0.2) is 0 Å². The van der Waals surface area contributed by atoms with Gasteiger partial charge in [0.2, 0.25) is 10.0 Å². The Bertz CT molecular complexity index is 510. The predicted octanol–water partition coefficient (Wildman–Crippen LogP) is 0.843. The molecule has 1 rings (SSSR count). The molecule has 0 aliphatic carbocycles. The molecule has 88 valence electrons. The average Bonchev–Trinajstić information content (AvgIpc) is 2.26. The van der Waals surface area contributed by atoms with E-state index >= 15 is 0 Å². The van der Waals surface area contributed by atoms with Crippen molar-refractivity contribution in [2.45, 2.75) is 9.79 Å². The largest absolute Gasteiger partial charge is 0.465 e. The lowest BCUT2D eigenvalue weighted by molar-refractivity contribution is 0.0596. The molecule has 2 N–H and O–H groups in total. The molecule has 0 saturated carbocycles. The van der Waals surface area contributed by atoms with Crippen molar-refractivity contribution in [3.8, 4) is 0 Å². The number of nitrogens with two attached hydrogens (primary N) is 1. The summed E-state index contributed by atoms with van der Waals surface area (Å²) in [6.07, 6.45) is 1.79. The van der Waals surface area contributed by atoms with Crippen molar-refractivity contribution in [1.82, 2.24) is 0 Å². The second kappa shape index (κ2) is 4.86. The van der Waals surface area contributed by atoms with E-state index in [4.69, 9.17) is 5.14 Å². The van der Waals surface area contributed by atoms with Crippen LogP contribution in [0, 0.1) is 0 Å². The van der Waals surface area contributed by atoms with E-state index in [2.05, 4.69) is 4.74 Å². The zero-order valence-corrected chi connectivity index (χ0v) is 10.4. The number of hydrogen-bond donors (Lipinski definition) is 1. The quantitative estimate of drug-likeness (QED) is 0.643. The van der Waals surface area contributed by atoms with E-state index in [0.717, 1.165) is 0 Å². The lowest BCUT2D eigenvalue weighted by Crippen LogP contribution is -2.17. The van der Waals surface area contributed by atoms with Crippen LogP contribution in [0.5, 0.6) is 0 Å². The van der Waals surface area contributed by atoms with Gasteiger partial charge in [0.05, 0.1) is 17.6 Å². The summed E-state index contributed by atoms with van der Waals surface area (Å²) >= 11 is 1.35. The van der Waals surface area contributed by atoms with E-state index in [0.29, 0.717) is 4.90 Å². The number of sulfonamides is 1. The van der Waals surface area contributed by atoms with Crippen molar-refractivity contribution >= 4 is 27.8 Å². The first-order valence-corrected chi connectivity index (χ1v) is 6.96. The van der Waals surface area contributed by atoms with E-state index in [-0.39, 0.29) is 10.5 Å². The zero-order valence-electron chi connectivity index (χ0n) is 8.76. The molecule has 1 aromatic carbocycles. The number of rotatable bonds is 3. The van der Waals surface area contributed by atoms with Gasteiger partial charge in [-0.3, -0.25) is 0 Å². The second-order valence-electron chi connectivity index (χ2n) is 2.90. The summed E-state index contributed by atoms with van der Waals surface area (Å²) in [5.41, 5.74) is -0.0530. The minimum absolute atomic E-state index is 0.0530. The number of thioether (sulfide) groups is 1. The van der Waals surface area contributed by atoms with E-state index in [1.165, 1.54) is 31.0 Å². The van der Waals surface area contributed by atoms with Gasteiger partial charge in [0, 0.05) is 4.90 Å². The molecule has 0 aliphatic rings.